The van der Waals surface area contributed by atoms with Crippen molar-refractivity contribution < 1.29 is 0 Å². The van der Waals surface area contributed by atoms with E-state index in [0.29, 0.717) is 5.56 Å². The first-order valence-electron chi connectivity index (χ1n) is 18.9. The molecule has 0 radical (unpaired) electrons. The largest absolute Gasteiger partial charge is 0.309 e. The minimum absolute atomic E-state index is 0.0651. The molecule has 3 nitrogen and oxygen atoms in total. The summed E-state index contributed by atoms with van der Waals surface area (Å²) >= 11 is 0. The number of hydrogen-bond acceptors (Lipinski definition) is 1. The van der Waals surface area contributed by atoms with Crippen LogP contribution in [0.4, 0.5) is 0 Å². The second-order valence-corrected chi connectivity index (χ2v) is 15.3. The highest BCUT2D eigenvalue weighted by atomic mass is 15.0. The Kier molecular flexibility index (Phi) is 6.66. The summed E-state index contributed by atoms with van der Waals surface area (Å²) in [4.78, 5) is 0. The Balaban J connectivity index is 1.03. The fourth-order valence-electron chi connectivity index (χ4n) is 9.26. The topological polar surface area (TPSA) is 33.6 Å². The molecule has 2 heterocycles. The molecule has 0 unspecified atom stereocenters. The summed E-state index contributed by atoms with van der Waals surface area (Å²) in [7, 11) is 0. The number of benzene rings is 8. The molecule has 0 amide bonds. The fourth-order valence-corrected chi connectivity index (χ4v) is 9.26. The molecule has 0 saturated heterocycles. The molecule has 1 aliphatic carbocycles. The van der Waals surface area contributed by atoms with Gasteiger partial charge in [0.25, 0.3) is 0 Å². The number of nitrogens with zero attached hydrogens (tertiary/aromatic N) is 3. The van der Waals surface area contributed by atoms with Crippen LogP contribution in [-0.2, 0) is 5.41 Å². The average Bonchev–Trinajstić information content (AvgIpc) is 3.83. The zero-order valence-corrected chi connectivity index (χ0v) is 30.6. The van der Waals surface area contributed by atoms with E-state index in [0.717, 1.165) is 16.8 Å². The number of hydrogen-bond donors (Lipinski definition) is 0. The van der Waals surface area contributed by atoms with Crippen molar-refractivity contribution in [2.45, 2.75) is 19.3 Å². The fraction of sp³-hybridized carbons (Fsp3) is 0.0577. The lowest BCUT2D eigenvalue weighted by atomic mass is 9.82. The lowest BCUT2D eigenvalue weighted by Gasteiger charge is -2.22. The van der Waals surface area contributed by atoms with E-state index in [1.807, 2.05) is 18.2 Å². The average molecular weight is 702 g/mol. The number of nitriles is 1. The third-order valence-electron chi connectivity index (χ3n) is 12.0. The molecule has 8 aromatic carbocycles. The van der Waals surface area contributed by atoms with Crippen LogP contribution >= 0.6 is 0 Å². The van der Waals surface area contributed by atoms with Crippen LogP contribution in [0.1, 0.15) is 30.5 Å². The van der Waals surface area contributed by atoms with Gasteiger partial charge in [-0.05, 0) is 117 Å². The van der Waals surface area contributed by atoms with Gasteiger partial charge in [0.05, 0.1) is 33.7 Å². The van der Waals surface area contributed by atoms with Gasteiger partial charge in [-0.3, -0.25) is 0 Å². The van der Waals surface area contributed by atoms with Gasteiger partial charge in [0.1, 0.15) is 0 Å². The van der Waals surface area contributed by atoms with E-state index in [-0.39, 0.29) is 5.41 Å². The Morgan fingerprint density at radius 3 is 1.60 bits per heavy atom. The molecular formula is C52H35N3. The van der Waals surface area contributed by atoms with Crippen molar-refractivity contribution in [3.8, 4) is 50.8 Å². The van der Waals surface area contributed by atoms with Crippen molar-refractivity contribution in [1.29, 1.82) is 5.26 Å². The lowest BCUT2D eigenvalue weighted by molar-refractivity contribution is 0.660. The molecule has 0 N–H and O–H groups in total. The van der Waals surface area contributed by atoms with Gasteiger partial charge in [-0.15, -0.1) is 0 Å². The summed E-state index contributed by atoms with van der Waals surface area (Å²) in [5, 5.41) is 14.4. The number of rotatable bonds is 4. The Morgan fingerprint density at radius 2 is 0.927 bits per heavy atom. The second-order valence-electron chi connectivity index (χ2n) is 15.3. The van der Waals surface area contributed by atoms with Gasteiger partial charge < -0.3 is 9.13 Å². The monoisotopic (exact) mass is 701 g/mol. The summed E-state index contributed by atoms with van der Waals surface area (Å²) in [6.07, 6.45) is 0. The first-order valence-corrected chi connectivity index (χ1v) is 18.9. The third kappa shape index (κ3) is 4.62. The van der Waals surface area contributed by atoms with Crippen LogP contribution in [-0.4, -0.2) is 9.13 Å². The van der Waals surface area contributed by atoms with Crippen LogP contribution in [0.15, 0.2) is 176 Å². The Morgan fingerprint density at radius 1 is 0.400 bits per heavy atom. The summed E-state index contributed by atoms with van der Waals surface area (Å²) in [5.41, 5.74) is 17.6. The van der Waals surface area contributed by atoms with Crippen molar-refractivity contribution in [2.24, 2.45) is 0 Å². The van der Waals surface area contributed by atoms with Crippen LogP contribution in [0.3, 0.4) is 0 Å². The highest BCUT2D eigenvalue weighted by Crippen LogP contribution is 2.49. The third-order valence-corrected chi connectivity index (χ3v) is 12.0. The van der Waals surface area contributed by atoms with Crippen LogP contribution < -0.4 is 0 Å². The normalized spacial score (nSPS) is 13.0. The predicted molar refractivity (Wildman–Crippen MR) is 228 cm³/mol. The highest BCUT2D eigenvalue weighted by molar-refractivity contribution is 6.12. The maximum Gasteiger partial charge on any atom is 0.0991 e. The van der Waals surface area contributed by atoms with E-state index < -0.39 is 0 Å². The van der Waals surface area contributed by atoms with Gasteiger partial charge >= 0.3 is 0 Å². The van der Waals surface area contributed by atoms with Crippen LogP contribution in [0.2, 0.25) is 0 Å². The quantitative estimate of drug-likeness (QED) is 0.180. The van der Waals surface area contributed by atoms with Crippen molar-refractivity contribution in [3.63, 3.8) is 0 Å². The maximum absolute atomic E-state index is 9.41. The standard InChI is InChI=1S/C52H35N3/c1-52(2)46-15-6-3-12-40(46)41-25-24-39(31-47(41)52)55-49-17-8-5-14-43(49)45-30-37(21-27-51(45)55)36-20-26-50-44(29-36)42-13-4-7-16-48(42)54(50)38-22-18-34(19-23-38)35-11-9-10-33(28-35)32-53/h3-31H,1-2H3. The zero-order chi connectivity index (χ0) is 36.8. The van der Waals surface area contributed by atoms with Crippen LogP contribution in [0.5, 0.6) is 0 Å². The first-order chi connectivity index (χ1) is 27.0. The summed E-state index contributed by atoms with van der Waals surface area (Å²) in [6.45, 7) is 4.70. The Bertz CT molecular complexity index is 3240. The van der Waals surface area contributed by atoms with E-state index in [9.17, 15) is 5.26 Å². The maximum atomic E-state index is 9.41. The molecule has 11 rings (SSSR count). The van der Waals surface area contributed by atoms with Crippen molar-refractivity contribution in [3.05, 3.63) is 193 Å². The van der Waals surface area contributed by atoms with Gasteiger partial charge in [0.15, 0.2) is 0 Å². The van der Waals surface area contributed by atoms with Crippen LogP contribution in [0, 0.1) is 11.3 Å². The molecule has 10 aromatic rings. The van der Waals surface area contributed by atoms with E-state index in [1.54, 1.807) is 0 Å². The molecule has 55 heavy (non-hydrogen) atoms. The lowest BCUT2D eigenvalue weighted by Crippen LogP contribution is -2.15. The SMILES string of the molecule is CC1(C)c2ccccc2-c2ccc(-n3c4ccccc4c4cc(-c5ccc6c(c5)c5ccccc5n6-c5ccc(-c6cccc(C#N)c6)cc5)ccc43)cc21. The molecule has 0 spiro atoms. The van der Waals surface area contributed by atoms with Crippen molar-refractivity contribution >= 4 is 43.6 Å². The smallest absolute Gasteiger partial charge is 0.0991 e. The summed E-state index contributed by atoms with van der Waals surface area (Å²) in [5.74, 6) is 0. The number of aromatic nitrogens is 2. The predicted octanol–water partition coefficient (Wildman–Crippen LogP) is 13.4. The molecule has 258 valence electrons. The Labute approximate surface area is 319 Å². The molecule has 0 fully saturated rings. The van der Waals surface area contributed by atoms with Crippen molar-refractivity contribution in [2.75, 3.05) is 0 Å². The molecule has 2 aromatic heterocycles. The zero-order valence-electron chi connectivity index (χ0n) is 30.6. The molecule has 0 aliphatic heterocycles. The van der Waals surface area contributed by atoms with Gasteiger partial charge in [-0.1, -0.05) is 117 Å². The van der Waals surface area contributed by atoms with E-state index >= 15 is 0 Å². The molecular weight excluding hydrogens is 667 g/mol. The van der Waals surface area contributed by atoms with Crippen LogP contribution in [0.25, 0.3) is 88.4 Å². The number of fused-ring (bicyclic) bond motifs is 9. The van der Waals surface area contributed by atoms with Gasteiger partial charge in [-0.2, -0.15) is 5.26 Å². The minimum Gasteiger partial charge on any atom is -0.309 e. The summed E-state index contributed by atoms with van der Waals surface area (Å²) < 4.78 is 4.80. The molecule has 3 heteroatoms. The minimum atomic E-state index is -0.0651. The molecule has 0 atom stereocenters. The molecule has 0 saturated carbocycles. The van der Waals surface area contributed by atoms with Gasteiger partial charge in [-0.25, -0.2) is 0 Å². The van der Waals surface area contributed by atoms with Gasteiger partial charge in [0.2, 0.25) is 0 Å². The first kappa shape index (κ1) is 31.4. The Hall–Kier alpha value is -7.15. The molecule has 1 aliphatic rings. The van der Waals surface area contributed by atoms with Crippen molar-refractivity contribution in [1.82, 2.24) is 9.13 Å². The number of para-hydroxylation sites is 2. The van der Waals surface area contributed by atoms with E-state index in [1.165, 1.54) is 82.7 Å². The summed E-state index contributed by atoms with van der Waals surface area (Å²) in [6, 6.07) is 65.9. The van der Waals surface area contributed by atoms with E-state index in [4.69, 9.17) is 0 Å². The van der Waals surface area contributed by atoms with E-state index in [2.05, 4.69) is 187 Å². The molecule has 0 bridgehead atoms. The second kappa shape index (κ2) is 11.7. The highest BCUT2D eigenvalue weighted by Gasteiger charge is 2.35. The van der Waals surface area contributed by atoms with Gasteiger partial charge in [0, 0.05) is 38.3 Å².